The molecule has 1 amide bonds. The maximum atomic E-state index is 11.9. The molecule has 0 aliphatic rings. The van der Waals surface area contributed by atoms with Gasteiger partial charge >= 0.3 is 5.97 Å². The number of ether oxygens (including phenoxy) is 1. The van der Waals surface area contributed by atoms with Gasteiger partial charge in [-0.3, -0.25) is 9.59 Å². The average molecular weight is 271 g/mol. The number of hydrogen-bond donors (Lipinski definition) is 2. The highest BCUT2D eigenvalue weighted by Crippen LogP contribution is 2.17. The monoisotopic (exact) mass is 271 g/mol. The summed E-state index contributed by atoms with van der Waals surface area (Å²) in [6.45, 7) is 5.34. The van der Waals surface area contributed by atoms with E-state index in [1.165, 1.54) is 6.33 Å². The third kappa shape index (κ3) is 5.42. The van der Waals surface area contributed by atoms with Crippen molar-refractivity contribution in [2.24, 2.45) is 0 Å². The van der Waals surface area contributed by atoms with Gasteiger partial charge in [0.25, 0.3) is 12.1 Å². The average Bonchev–Trinajstić information content (AvgIpc) is 2.77. The number of tetrazole rings is 1. The minimum Gasteiger partial charge on any atom is -0.481 e. The smallest absolute Gasteiger partial charge is 0.305 e. The summed E-state index contributed by atoms with van der Waals surface area (Å²) < 4.78 is 5.54. The fourth-order valence-electron chi connectivity index (χ4n) is 1.20. The Morgan fingerprint density at radius 3 is 2.63 bits per heavy atom. The Balaban J connectivity index is 2.68. The number of hydrogen-bond acceptors (Lipinski definition) is 6. The number of nitrogens with zero attached hydrogens (tertiary/aromatic N) is 4. The molecule has 1 rings (SSSR count). The molecule has 0 bridgehead atoms. The number of carboxylic acids is 1. The Labute approximate surface area is 109 Å². The van der Waals surface area contributed by atoms with Crippen LogP contribution in [-0.4, -0.2) is 49.3 Å². The Morgan fingerprint density at radius 1 is 1.47 bits per heavy atom. The van der Waals surface area contributed by atoms with Crippen LogP contribution in [0.25, 0.3) is 0 Å². The minimum atomic E-state index is -1.09. The highest BCUT2D eigenvalue weighted by atomic mass is 16.5. The first kappa shape index (κ1) is 15.0. The van der Waals surface area contributed by atoms with Crippen LogP contribution in [0, 0.1) is 0 Å². The number of aromatic nitrogens is 4. The van der Waals surface area contributed by atoms with E-state index in [9.17, 15) is 9.59 Å². The second-order valence-electron chi connectivity index (χ2n) is 4.77. The van der Waals surface area contributed by atoms with E-state index < -0.39 is 23.7 Å². The molecule has 0 aliphatic heterocycles. The van der Waals surface area contributed by atoms with Crippen LogP contribution >= 0.6 is 0 Å². The van der Waals surface area contributed by atoms with Crippen LogP contribution in [-0.2, 0) is 14.3 Å². The minimum absolute atomic E-state index is 0.00681. The van der Waals surface area contributed by atoms with Gasteiger partial charge in [-0.25, -0.2) is 0 Å². The highest BCUT2D eigenvalue weighted by Gasteiger charge is 2.28. The van der Waals surface area contributed by atoms with Crippen molar-refractivity contribution >= 4 is 11.9 Å². The summed E-state index contributed by atoms with van der Waals surface area (Å²) in [5.74, 6) is -1.51. The molecule has 9 heteroatoms. The fraction of sp³-hybridized carbons (Fsp3) is 0.700. The molecule has 0 spiro atoms. The second-order valence-corrected chi connectivity index (χ2v) is 4.77. The number of aliphatic carboxylic acids is 1. The van der Waals surface area contributed by atoms with Gasteiger partial charge < -0.3 is 15.2 Å². The Hall–Kier alpha value is -2.03. The Morgan fingerprint density at radius 2 is 2.16 bits per heavy atom. The van der Waals surface area contributed by atoms with Gasteiger partial charge in [0.2, 0.25) is 0 Å². The Bertz CT molecular complexity index is 426. The predicted octanol–water partition coefficient (Wildman–Crippen LogP) is -0.422. The first-order chi connectivity index (χ1) is 8.79. The lowest BCUT2D eigenvalue weighted by Crippen LogP contribution is -2.40. The van der Waals surface area contributed by atoms with Crippen molar-refractivity contribution in [1.29, 1.82) is 0 Å². The van der Waals surface area contributed by atoms with Crippen LogP contribution < -0.4 is 5.32 Å². The molecule has 1 aromatic rings. The van der Waals surface area contributed by atoms with E-state index in [4.69, 9.17) is 9.84 Å². The molecule has 106 valence electrons. The third-order valence-corrected chi connectivity index (χ3v) is 1.90. The van der Waals surface area contributed by atoms with Crippen LogP contribution in [0.1, 0.15) is 33.4 Å². The van der Waals surface area contributed by atoms with Crippen molar-refractivity contribution in [3.8, 4) is 0 Å². The van der Waals surface area contributed by atoms with Gasteiger partial charge in [0.15, 0.2) is 6.33 Å². The van der Waals surface area contributed by atoms with Crippen LogP contribution in [0.2, 0.25) is 0 Å². The zero-order valence-electron chi connectivity index (χ0n) is 11.0. The maximum absolute atomic E-state index is 11.9. The quantitative estimate of drug-likeness (QED) is 0.720. The standard InChI is InChI=1S/C10H17N5O4/c1-10(2,3)19-9(15-13-6-12-14-15)8(18)11-5-4-7(16)17/h6,9H,4-5H2,1-3H3,(H,11,18)(H,16,17). The molecule has 2 N–H and O–H groups in total. The van der Waals surface area contributed by atoms with Crippen molar-refractivity contribution in [2.75, 3.05) is 6.54 Å². The van der Waals surface area contributed by atoms with Gasteiger partial charge in [-0.15, -0.1) is 15.0 Å². The molecule has 19 heavy (non-hydrogen) atoms. The molecular weight excluding hydrogens is 254 g/mol. The van der Waals surface area contributed by atoms with Gasteiger partial charge in [0.1, 0.15) is 0 Å². The molecule has 0 aliphatic carbocycles. The normalized spacial score (nSPS) is 13.0. The number of carbonyl (C=O) groups is 2. The van der Waals surface area contributed by atoms with Crippen LogP contribution in [0.15, 0.2) is 6.33 Å². The number of amides is 1. The van der Waals surface area contributed by atoms with Gasteiger partial charge in [0.05, 0.1) is 12.0 Å². The molecule has 0 radical (unpaired) electrons. The number of carbonyl (C=O) groups excluding carboxylic acids is 1. The van der Waals surface area contributed by atoms with E-state index in [-0.39, 0.29) is 13.0 Å². The van der Waals surface area contributed by atoms with E-state index in [1.807, 2.05) is 0 Å². The molecular formula is C10H17N5O4. The molecule has 0 fully saturated rings. The lowest BCUT2D eigenvalue weighted by atomic mass is 10.2. The summed E-state index contributed by atoms with van der Waals surface area (Å²) in [5, 5.41) is 21.9. The fourth-order valence-corrected chi connectivity index (χ4v) is 1.20. The summed E-state index contributed by atoms with van der Waals surface area (Å²) in [5.41, 5.74) is -0.595. The van der Waals surface area contributed by atoms with Gasteiger partial charge in [-0.1, -0.05) is 0 Å². The Kier molecular flexibility index (Phi) is 4.93. The molecule has 1 aromatic heterocycles. The topological polar surface area (TPSA) is 119 Å². The van der Waals surface area contributed by atoms with Gasteiger partial charge in [-0.2, -0.15) is 0 Å². The third-order valence-electron chi connectivity index (χ3n) is 1.90. The van der Waals surface area contributed by atoms with Crippen LogP contribution in [0.4, 0.5) is 0 Å². The van der Waals surface area contributed by atoms with E-state index in [0.717, 1.165) is 4.80 Å². The van der Waals surface area contributed by atoms with E-state index in [2.05, 4.69) is 20.7 Å². The van der Waals surface area contributed by atoms with Crippen molar-refractivity contribution in [3.63, 3.8) is 0 Å². The molecule has 0 saturated heterocycles. The van der Waals surface area contributed by atoms with Crippen molar-refractivity contribution in [3.05, 3.63) is 6.33 Å². The van der Waals surface area contributed by atoms with Crippen LogP contribution in [0.5, 0.6) is 0 Å². The molecule has 0 saturated carbocycles. The lowest BCUT2D eigenvalue weighted by Gasteiger charge is -2.25. The van der Waals surface area contributed by atoms with Gasteiger partial charge in [-0.05, 0) is 26.0 Å². The highest BCUT2D eigenvalue weighted by molar-refractivity contribution is 5.79. The maximum Gasteiger partial charge on any atom is 0.305 e. The predicted molar refractivity (Wildman–Crippen MR) is 63.0 cm³/mol. The SMILES string of the molecule is CC(C)(C)OC(C(=O)NCCC(=O)O)n1ncnn1. The number of nitrogens with one attached hydrogen (secondary N) is 1. The lowest BCUT2D eigenvalue weighted by molar-refractivity contribution is -0.157. The second kappa shape index (κ2) is 6.23. The summed E-state index contributed by atoms with van der Waals surface area (Å²) in [6, 6.07) is 0. The molecule has 1 atom stereocenters. The largest absolute Gasteiger partial charge is 0.481 e. The van der Waals surface area contributed by atoms with Crippen LogP contribution in [0.3, 0.4) is 0 Å². The summed E-state index contributed by atoms with van der Waals surface area (Å²) in [7, 11) is 0. The number of carboxylic acid groups (broad SMARTS) is 1. The zero-order chi connectivity index (χ0) is 14.5. The summed E-state index contributed by atoms with van der Waals surface area (Å²) >= 11 is 0. The molecule has 1 heterocycles. The van der Waals surface area contributed by atoms with E-state index in [0.29, 0.717) is 0 Å². The van der Waals surface area contributed by atoms with Crippen molar-refractivity contribution in [1.82, 2.24) is 25.5 Å². The van der Waals surface area contributed by atoms with Crippen molar-refractivity contribution < 1.29 is 19.4 Å². The number of rotatable bonds is 6. The molecule has 9 nitrogen and oxygen atoms in total. The van der Waals surface area contributed by atoms with Crippen molar-refractivity contribution in [2.45, 2.75) is 39.0 Å². The van der Waals surface area contributed by atoms with E-state index in [1.54, 1.807) is 20.8 Å². The molecule has 0 aromatic carbocycles. The summed E-state index contributed by atoms with van der Waals surface area (Å²) in [4.78, 5) is 23.4. The first-order valence-electron chi connectivity index (χ1n) is 5.69. The molecule has 1 unspecified atom stereocenters. The first-order valence-corrected chi connectivity index (χ1v) is 5.69. The summed E-state index contributed by atoms with van der Waals surface area (Å²) in [6.07, 6.45) is -0.0706. The van der Waals surface area contributed by atoms with Gasteiger partial charge in [0, 0.05) is 6.54 Å². The van der Waals surface area contributed by atoms with E-state index >= 15 is 0 Å². The zero-order valence-corrected chi connectivity index (χ0v) is 11.0.